The minimum absolute atomic E-state index is 0.0882. The summed E-state index contributed by atoms with van der Waals surface area (Å²) in [4.78, 5) is 25.5. The van der Waals surface area contributed by atoms with Crippen LogP contribution in [-0.2, 0) is 11.3 Å². The van der Waals surface area contributed by atoms with Crippen LogP contribution in [-0.4, -0.2) is 52.3 Å². The fourth-order valence-corrected chi connectivity index (χ4v) is 3.39. The molecule has 8 nitrogen and oxygen atoms in total. The molecule has 0 unspecified atom stereocenters. The smallest absolute Gasteiger partial charge is 0.269 e. The highest BCUT2D eigenvalue weighted by molar-refractivity contribution is 8.01. The lowest BCUT2D eigenvalue weighted by atomic mass is 10.4. The van der Waals surface area contributed by atoms with E-state index in [1.54, 1.807) is 11.1 Å². The molecule has 2 aromatic rings. The van der Waals surface area contributed by atoms with E-state index >= 15 is 0 Å². The van der Waals surface area contributed by atoms with Crippen molar-refractivity contribution in [2.45, 2.75) is 17.8 Å². The second-order valence-corrected chi connectivity index (χ2v) is 7.41. The van der Waals surface area contributed by atoms with Crippen LogP contribution < -0.4 is 15.8 Å². The first-order valence-corrected chi connectivity index (χ1v) is 8.70. The van der Waals surface area contributed by atoms with E-state index in [0.717, 1.165) is 14.0 Å². The summed E-state index contributed by atoms with van der Waals surface area (Å²) >= 11 is 3.06. The van der Waals surface area contributed by atoms with Crippen LogP contribution in [0.4, 0.5) is 5.69 Å². The van der Waals surface area contributed by atoms with Crippen molar-refractivity contribution in [2.75, 3.05) is 31.3 Å². The summed E-state index contributed by atoms with van der Waals surface area (Å²) < 4.78 is 2.03. The lowest BCUT2D eigenvalue weighted by Crippen LogP contribution is -2.34. The summed E-state index contributed by atoms with van der Waals surface area (Å²) in [7, 11) is 3.65. The average molecular weight is 354 g/mol. The number of amides is 1. The maximum atomic E-state index is 11.9. The molecule has 0 radical (unpaired) electrons. The number of thioether (sulfide) groups is 1. The summed E-state index contributed by atoms with van der Waals surface area (Å²) in [5.74, 6) is 0.452. The summed E-state index contributed by atoms with van der Waals surface area (Å²) in [6, 6.07) is 1.45. The molecule has 0 spiro atoms. The van der Waals surface area contributed by atoms with E-state index in [-0.39, 0.29) is 18.0 Å². The molecular weight excluding hydrogens is 336 g/mol. The van der Waals surface area contributed by atoms with E-state index in [9.17, 15) is 9.59 Å². The van der Waals surface area contributed by atoms with Gasteiger partial charge in [-0.05, 0) is 6.92 Å². The van der Waals surface area contributed by atoms with E-state index < -0.39 is 0 Å². The number of carbonyl (C=O) groups is 1. The lowest BCUT2D eigenvalue weighted by molar-refractivity contribution is -0.121. The summed E-state index contributed by atoms with van der Waals surface area (Å²) in [6.07, 6.45) is 1.56. The predicted octanol–water partition coefficient (Wildman–Crippen LogP) is 0.378. The van der Waals surface area contributed by atoms with Crippen LogP contribution in [0.1, 0.15) is 5.01 Å². The van der Waals surface area contributed by atoms with E-state index in [1.165, 1.54) is 29.2 Å². The summed E-state index contributed by atoms with van der Waals surface area (Å²) in [5.41, 5.74) is 0.403. The second kappa shape index (κ2) is 8.06. The van der Waals surface area contributed by atoms with Crippen molar-refractivity contribution in [3.63, 3.8) is 0 Å². The number of anilines is 1. The van der Waals surface area contributed by atoms with E-state index in [1.807, 2.05) is 21.0 Å². The number of rotatable bonds is 7. The van der Waals surface area contributed by atoms with Crippen molar-refractivity contribution in [3.8, 4) is 0 Å². The molecule has 0 saturated heterocycles. The highest BCUT2D eigenvalue weighted by atomic mass is 32.2. The van der Waals surface area contributed by atoms with Crippen molar-refractivity contribution < 1.29 is 4.79 Å². The third-order valence-corrected chi connectivity index (χ3v) is 4.80. The number of nitrogens with one attached hydrogen (secondary N) is 1. The molecule has 0 atom stereocenters. The Morgan fingerprint density at radius 2 is 2.22 bits per heavy atom. The first-order valence-electron chi connectivity index (χ1n) is 6.90. The van der Waals surface area contributed by atoms with Crippen molar-refractivity contribution >= 4 is 34.7 Å². The molecule has 0 aliphatic rings. The molecule has 10 heteroatoms. The molecule has 0 bridgehead atoms. The Bertz CT molecular complexity index is 727. The normalized spacial score (nSPS) is 10.6. The molecule has 0 fully saturated rings. The zero-order valence-electron chi connectivity index (χ0n) is 13.1. The zero-order chi connectivity index (χ0) is 16.8. The predicted molar refractivity (Wildman–Crippen MR) is 91.2 cm³/mol. The van der Waals surface area contributed by atoms with E-state index in [0.29, 0.717) is 18.0 Å². The number of hydrogen-bond acceptors (Lipinski definition) is 8. The number of aryl methyl sites for hydroxylation is 1. The molecule has 1 N–H and O–H groups in total. The third-order valence-electron chi connectivity index (χ3n) is 2.82. The third kappa shape index (κ3) is 5.32. The summed E-state index contributed by atoms with van der Waals surface area (Å²) in [6.45, 7) is 2.30. The number of carbonyl (C=O) groups excluding carboxylic acids is 1. The first-order chi connectivity index (χ1) is 11.0. The van der Waals surface area contributed by atoms with Gasteiger partial charge in [-0.15, -0.1) is 10.2 Å². The molecule has 23 heavy (non-hydrogen) atoms. The standard InChI is InChI=1S/C13H18N6O2S2/c1-9-16-17-13(23-9)22-5-4-14-11(20)8-19-12(21)6-10(7-15-19)18(2)3/h6-7H,4-5,8H2,1-3H3,(H,14,20). The minimum Gasteiger partial charge on any atom is -0.376 e. The van der Waals surface area contributed by atoms with Gasteiger partial charge in [0.25, 0.3) is 5.56 Å². The number of hydrogen-bond donors (Lipinski definition) is 1. The van der Waals surface area contributed by atoms with Crippen LogP contribution in [0, 0.1) is 6.92 Å². The van der Waals surface area contributed by atoms with Crippen LogP contribution in [0.3, 0.4) is 0 Å². The van der Waals surface area contributed by atoms with Crippen LogP contribution in [0.15, 0.2) is 21.4 Å². The first kappa shape index (κ1) is 17.4. The Morgan fingerprint density at radius 1 is 1.43 bits per heavy atom. The fourth-order valence-electron chi connectivity index (χ4n) is 1.64. The van der Waals surface area contributed by atoms with Crippen molar-refractivity contribution in [1.29, 1.82) is 0 Å². The van der Waals surface area contributed by atoms with Gasteiger partial charge >= 0.3 is 0 Å². The Kier molecular flexibility index (Phi) is 6.11. The Labute approximate surface area is 141 Å². The highest BCUT2D eigenvalue weighted by Gasteiger charge is 2.07. The SMILES string of the molecule is Cc1nnc(SCCNC(=O)Cn2ncc(N(C)C)cc2=O)s1. The van der Waals surface area contributed by atoms with Crippen molar-refractivity contribution in [3.05, 3.63) is 27.6 Å². The quantitative estimate of drug-likeness (QED) is 0.567. The molecular formula is C13H18N6O2S2. The summed E-state index contributed by atoms with van der Waals surface area (Å²) in [5, 5.41) is 15.6. The monoisotopic (exact) mass is 354 g/mol. The van der Waals surface area contributed by atoms with Crippen LogP contribution in [0.5, 0.6) is 0 Å². The van der Waals surface area contributed by atoms with Gasteiger partial charge in [-0.2, -0.15) is 5.10 Å². The number of nitrogens with zero attached hydrogens (tertiary/aromatic N) is 5. The molecule has 2 aromatic heterocycles. The van der Waals surface area contributed by atoms with E-state index in [4.69, 9.17) is 0 Å². The Balaban J connectivity index is 1.77. The van der Waals surface area contributed by atoms with Crippen molar-refractivity contribution in [2.24, 2.45) is 0 Å². The van der Waals surface area contributed by atoms with Crippen LogP contribution in [0.25, 0.3) is 0 Å². The van der Waals surface area contributed by atoms with Gasteiger partial charge in [0.15, 0.2) is 4.34 Å². The average Bonchev–Trinajstić information content (AvgIpc) is 2.91. The maximum absolute atomic E-state index is 11.9. The van der Waals surface area contributed by atoms with Gasteiger partial charge in [0.2, 0.25) is 5.91 Å². The molecule has 2 heterocycles. The molecule has 124 valence electrons. The minimum atomic E-state index is -0.301. The van der Waals surface area contributed by atoms with Gasteiger partial charge < -0.3 is 10.2 Å². The van der Waals surface area contributed by atoms with Crippen LogP contribution >= 0.6 is 23.1 Å². The largest absolute Gasteiger partial charge is 0.376 e. The molecule has 0 aliphatic heterocycles. The Hall–Kier alpha value is -1.94. The fraction of sp³-hybridized carbons (Fsp3) is 0.462. The van der Waals surface area contributed by atoms with E-state index in [2.05, 4.69) is 20.6 Å². The van der Waals surface area contributed by atoms with Gasteiger partial charge in [-0.3, -0.25) is 9.59 Å². The topological polar surface area (TPSA) is 93.0 Å². The lowest BCUT2D eigenvalue weighted by Gasteiger charge is -2.12. The van der Waals surface area contributed by atoms with Gasteiger partial charge in [0.05, 0.1) is 11.9 Å². The molecule has 2 rings (SSSR count). The molecule has 0 aliphatic carbocycles. The van der Waals surface area contributed by atoms with Crippen LogP contribution in [0.2, 0.25) is 0 Å². The number of aromatic nitrogens is 4. The molecule has 0 aromatic carbocycles. The zero-order valence-corrected chi connectivity index (χ0v) is 14.8. The van der Waals surface area contributed by atoms with Gasteiger partial charge in [0.1, 0.15) is 11.6 Å². The highest BCUT2D eigenvalue weighted by Crippen LogP contribution is 2.20. The molecule has 1 amide bonds. The van der Waals surface area contributed by atoms with Gasteiger partial charge in [0, 0.05) is 32.5 Å². The second-order valence-electron chi connectivity index (χ2n) is 4.89. The molecule has 0 saturated carbocycles. The van der Waals surface area contributed by atoms with Gasteiger partial charge in [-0.25, -0.2) is 4.68 Å². The Morgan fingerprint density at radius 3 is 2.83 bits per heavy atom. The maximum Gasteiger partial charge on any atom is 0.269 e. The van der Waals surface area contributed by atoms with Gasteiger partial charge in [-0.1, -0.05) is 23.1 Å². The van der Waals surface area contributed by atoms with Crippen molar-refractivity contribution in [1.82, 2.24) is 25.3 Å².